The summed E-state index contributed by atoms with van der Waals surface area (Å²) < 4.78 is 10.4. The zero-order chi connectivity index (χ0) is 16.9. The van der Waals surface area contributed by atoms with Gasteiger partial charge in [-0.05, 0) is 41.4 Å². The second kappa shape index (κ2) is 7.34. The Labute approximate surface area is 139 Å². The number of nitrogens with zero attached hydrogens (tertiary/aromatic N) is 1. The summed E-state index contributed by atoms with van der Waals surface area (Å²) in [5, 5.41) is 17.2. The van der Waals surface area contributed by atoms with E-state index in [4.69, 9.17) is 15.2 Å². The smallest absolute Gasteiger partial charge is 0.193 e. The molecule has 0 aliphatic rings. The Kier molecular flexibility index (Phi) is 5.46. The van der Waals surface area contributed by atoms with Crippen LogP contribution in [0.3, 0.4) is 0 Å². The summed E-state index contributed by atoms with van der Waals surface area (Å²) in [6.07, 6.45) is 0. The summed E-state index contributed by atoms with van der Waals surface area (Å²) >= 11 is 1.53. The van der Waals surface area contributed by atoms with Crippen LogP contribution < -0.4 is 20.5 Å². The number of anilines is 1. The van der Waals surface area contributed by atoms with Crippen molar-refractivity contribution in [3.63, 3.8) is 0 Å². The van der Waals surface area contributed by atoms with Crippen LogP contribution in [0.15, 0.2) is 40.0 Å². The molecule has 0 amide bonds. The van der Waals surface area contributed by atoms with Gasteiger partial charge in [-0.15, -0.1) is 0 Å². The highest BCUT2D eigenvalue weighted by Gasteiger charge is 2.23. The third-order valence-electron chi connectivity index (χ3n) is 3.36. The van der Waals surface area contributed by atoms with Crippen molar-refractivity contribution in [3.8, 4) is 11.5 Å². The van der Waals surface area contributed by atoms with E-state index < -0.39 is 5.60 Å². The number of aliphatic imine (C=N–C) groups is 1. The van der Waals surface area contributed by atoms with Crippen molar-refractivity contribution in [1.29, 1.82) is 0 Å². The summed E-state index contributed by atoms with van der Waals surface area (Å²) in [4.78, 5) is 4.21. The molecule has 0 saturated carbocycles. The van der Waals surface area contributed by atoms with Crippen LogP contribution >= 0.6 is 11.3 Å². The van der Waals surface area contributed by atoms with E-state index in [1.807, 2.05) is 16.8 Å². The van der Waals surface area contributed by atoms with Gasteiger partial charge in [-0.1, -0.05) is 0 Å². The van der Waals surface area contributed by atoms with E-state index in [1.165, 1.54) is 11.3 Å². The molecule has 2 aromatic rings. The number of aliphatic hydroxyl groups is 1. The zero-order valence-electron chi connectivity index (χ0n) is 13.4. The minimum absolute atomic E-state index is 0.163. The number of benzene rings is 1. The third kappa shape index (κ3) is 4.37. The first-order chi connectivity index (χ1) is 11.0. The van der Waals surface area contributed by atoms with Gasteiger partial charge in [0.15, 0.2) is 17.5 Å². The zero-order valence-corrected chi connectivity index (χ0v) is 14.2. The number of rotatable bonds is 6. The lowest BCUT2D eigenvalue weighted by molar-refractivity contribution is 0.0678. The van der Waals surface area contributed by atoms with Crippen LogP contribution in [0.2, 0.25) is 0 Å². The summed E-state index contributed by atoms with van der Waals surface area (Å²) in [5.74, 6) is 1.44. The van der Waals surface area contributed by atoms with Gasteiger partial charge >= 0.3 is 0 Å². The molecule has 23 heavy (non-hydrogen) atoms. The molecule has 4 N–H and O–H groups in total. The van der Waals surface area contributed by atoms with Gasteiger partial charge in [-0.25, -0.2) is 4.99 Å². The molecule has 7 heteroatoms. The van der Waals surface area contributed by atoms with Crippen molar-refractivity contribution in [3.05, 3.63) is 40.6 Å². The number of nitrogens with one attached hydrogen (secondary N) is 1. The fourth-order valence-electron chi connectivity index (χ4n) is 2.00. The first-order valence-electron chi connectivity index (χ1n) is 7.00. The molecular formula is C16H21N3O3S. The minimum atomic E-state index is -1.05. The number of ether oxygens (including phenoxy) is 2. The van der Waals surface area contributed by atoms with Gasteiger partial charge in [0.05, 0.1) is 20.8 Å². The number of guanidine groups is 1. The van der Waals surface area contributed by atoms with Gasteiger partial charge in [-0.3, -0.25) is 0 Å². The van der Waals surface area contributed by atoms with E-state index >= 15 is 0 Å². The highest BCUT2D eigenvalue weighted by atomic mass is 32.1. The number of hydrogen-bond donors (Lipinski definition) is 3. The van der Waals surface area contributed by atoms with Crippen LogP contribution in [-0.2, 0) is 5.60 Å². The Morgan fingerprint density at radius 3 is 2.65 bits per heavy atom. The Morgan fingerprint density at radius 1 is 1.30 bits per heavy atom. The van der Waals surface area contributed by atoms with E-state index in [0.29, 0.717) is 11.5 Å². The molecular weight excluding hydrogens is 314 g/mol. The molecule has 0 fully saturated rings. The van der Waals surface area contributed by atoms with E-state index in [-0.39, 0.29) is 12.5 Å². The Hall–Kier alpha value is -2.25. The number of nitrogens with two attached hydrogens (primary N) is 1. The molecule has 124 valence electrons. The van der Waals surface area contributed by atoms with Crippen LogP contribution in [0.25, 0.3) is 0 Å². The molecule has 0 radical (unpaired) electrons. The second-order valence-corrected chi connectivity index (χ2v) is 5.96. The normalized spacial score (nSPS) is 14.2. The predicted molar refractivity (Wildman–Crippen MR) is 93.5 cm³/mol. The van der Waals surface area contributed by atoms with E-state index in [1.54, 1.807) is 39.3 Å². The molecule has 1 atom stereocenters. The van der Waals surface area contributed by atoms with Crippen LogP contribution in [0.5, 0.6) is 11.5 Å². The summed E-state index contributed by atoms with van der Waals surface area (Å²) in [7, 11) is 3.14. The fraction of sp³-hybridized carbons (Fsp3) is 0.312. The van der Waals surface area contributed by atoms with Crippen molar-refractivity contribution in [2.45, 2.75) is 12.5 Å². The predicted octanol–water partition coefficient (Wildman–Crippen LogP) is 2.40. The lowest BCUT2D eigenvalue weighted by Crippen LogP contribution is -2.29. The van der Waals surface area contributed by atoms with Gasteiger partial charge < -0.3 is 25.6 Å². The van der Waals surface area contributed by atoms with Crippen LogP contribution in [0.4, 0.5) is 5.69 Å². The van der Waals surface area contributed by atoms with Gasteiger partial charge in [-0.2, -0.15) is 11.3 Å². The third-order valence-corrected chi connectivity index (χ3v) is 4.04. The quantitative estimate of drug-likeness (QED) is 0.557. The minimum Gasteiger partial charge on any atom is -0.493 e. The largest absolute Gasteiger partial charge is 0.493 e. The highest BCUT2D eigenvalue weighted by molar-refractivity contribution is 7.08. The number of hydrogen-bond acceptors (Lipinski definition) is 5. The molecule has 1 heterocycles. The maximum atomic E-state index is 10.4. The number of thiophene rings is 1. The van der Waals surface area contributed by atoms with Crippen molar-refractivity contribution in [1.82, 2.24) is 0 Å². The summed E-state index contributed by atoms with van der Waals surface area (Å²) in [6, 6.07) is 7.22. The Bertz CT molecular complexity index is 669. The standard InChI is InChI=1S/C16H21N3O3S/c1-16(20,11-6-7-23-9-11)10-18-15(17)19-12-4-5-13(21-2)14(8-12)22-3/h4-9,20H,10H2,1-3H3,(H3,17,18,19). The Morgan fingerprint density at radius 2 is 2.04 bits per heavy atom. The molecule has 1 aromatic carbocycles. The molecule has 0 spiro atoms. The molecule has 1 aromatic heterocycles. The first-order valence-corrected chi connectivity index (χ1v) is 7.94. The molecule has 2 rings (SSSR count). The number of methoxy groups -OCH3 is 2. The monoisotopic (exact) mass is 335 g/mol. The molecule has 1 unspecified atom stereocenters. The summed E-state index contributed by atoms with van der Waals surface area (Å²) in [6.45, 7) is 1.87. The van der Waals surface area contributed by atoms with Crippen LogP contribution in [-0.4, -0.2) is 31.8 Å². The Balaban J connectivity index is 2.05. The fourth-order valence-corrected chi connectivity index (χ4v) is 2.79. The molecule has 0 saturated heterocycles. The van der Waals surface area contributed by atoms with Crippen molar-refractivity contribution in [2.75, 3.05) is 26.1 Å². The van der Waals surface area contributed by atoms with Gasteiger partial charge in [0.1, 0.15) is 5.60 Å². The van der Waals surface area contributed by atoms with E-state index in [2.05, 4.69) is 10.3 Å². The first kappa shape index (κ1) is 17.1. The van der Waals surface area contributed by atoms with Gasteiger partial charge in [0.25, 0.3) is 0 Å². The molecule has 0 aliphatic heterocycles. The van der Waals surface area contributed by atoms with Crippen molar-refractivity contribution < 1.29 is 14.6 Å². The van der Waals surface area contributed by atoms with Crippen molar-refractivity contribution >= 4 is 23.0 Å². The van der Waals surface area contributed by atoms with Gasteiger partial charge in [0.2, 0.25) is 0 Å². The van der Waals surface area contributed by atoms with Gasteiger partial charge in [0, 0.05) is 11.8 Å². The topological polar surface area (TPSA) is 89.1 Å². The highest BCUT2D eigenvalue weighted by Crippen LogP contribution is 2.29. The van der Waals surface area contributed by atoms with Crippen LogP contribution in [0.1, 0.15) is 12.5 Å². The SMILES string of the molecule is COc1ccc(NC(N)=NCC(C)(O)c2ccsc2)cc1OC. The van der Waals surface area contributed by atoms with E-state index in [9.17, 15) is 5.11 Å². The molecule has 0 aliphatic carbocycles. The van der Waals surface area contributed by atoms with Crippen molar-refractivity contribution in [2.24, 2.45) is 10.7 Å². The second-order valence-electron chi connectivity index (χ2n) is 5.18. The maximum Gasteiger partial charge on any atom is 0.193 e. The summed E-state index contributed by atoms with van der Waals surface area (Å²) in [5.41, 5.74) is 6.38. The van der Waals surface area contributed by atoms with Crippen LogP contribution in [0, 0.1) is 0 Å². The lowest BCUT2D eigenvalue weighted by Gasteiger charge is -2.20. The van der Waals surface area contributed by atoms with E-state index in [0.717, 1.165) is 11.3 Å². The average Bonchev–Trinajstić information content (AvgIpc) is 3.08. The molecule has 6 nitrogen and oxygen atoms in total. The average molecular weight is 335 g/mol. The molecule has 0 bridgehead atoms. The lowest BCUT2D eigenvalue weighted by atomic mass is 10.00. The maximum absolute atomic E-state index is 10.4.